The van der Waals surface area contributed by atoms with E-state index in [0.717, 1.165) is 19.3 Å². The van der Waals surface area contributed by atoms with E-state index >= 15 is 0 Å². The van der Waals surface area contributed by atoms with E-state index in [1.54, 1.807) is 0 Å². The molecule has 1 saturated carbocycles. The van der Waals surface area contributed by atoms with Crippen molar-refractivity contribution >= 4 is 11.8 Å². The zero-order valence-corrected chi connectivity index (χ0v) is 13.9. The molecular formula is C17H30N2O2. The molecule has 4 nitrogen and oxygen atoms in total. The summed E-state index contributed by atoms with van der Waals surface area (Å²) in [6, 6.07) is -0.494. The van der Waals surface area contributed by atoms with Crippen molar-refractivity contribution < 1.29 is 9.59 Å². The van der Waals surface area contributed by atoms with Crippen LogP contribution in [0.15, 0.2) is 0 Å². The molecule has 0 aromatic carbocycles. The Kier molecular flexibility index (Phi) is 5.28. The van der Waals surface area contributed by atoms with Crippen molar-refractivity contribution in [3.05, 3.63) is 0 Å². The lowest BCUT2D eigenvalue weighted by atomic mass is 9.81. The zero-order valence-electron chi connectivity index (χ0n) is 13.9. The van der Waals surface area contributed by atoms with Crippen LogP contribution in [0.1, 0.15) is 66.2 Å². The highest BCUT2D eigenvalue weighted by Crippen LogP contribution is 2.32. The summed E-state index contributed by atoms with van der Waals surface area (Å²) in [6.45, 7) is 8.23. The molecule has 0 aromatic rings. The van der Waals surface area contributed by atoms with Gasteiger partial charge in [0.05, 0.1) is 0 Å². The first-order valence-corrected chi connectivity index (χ1v) is 8.54. The van der Waals surface area contributed by atoms with Crippen molar-refractivity contribution in [2.75, 3.05) is 0 Å². The van der Waals surface area contributed by atoms with Gasteiger partial charge in [0.2, 0.25) is 11.8 Å². The van der Waals surface area contributed by atoms with Crippen LogP contribution in [0.25, 0.3) is 0 Å². The highest BCUT2D eigenvalue weighted by Gasteiger charge is 2.45. The Hall–Kier alpha value is -1.06. The number of hydrogen-bond donors (Lipinski definition) is 1. The minimum atomic E-state index is -0.334. The van der Waals surface area contributed by atoms with Gasteiger partial charge in [-0.2, -0.15) is 0 Å². The van der Waals surface area contributed by atoms with Crippen molar-refractivity contribution in [3.63, 3.8) is 0 Å². The third kappa shape index (κ3) is 3.58. The van der Waals surface area contributed by atoms with Crippen LogP contribution in [0.5, 0.6) is 0 Å². The summed E-state index contributed by atoms with van der Waals surface area (Å²) in [5.41, 5.74) is 0. The Balaban J connectivity index is 2.20. The SMILES string of the molecule is CC(C)CC1NC(=O)C(C2CCCCC2)N(C(C)C)C1=O. The molecule has 2 aliphatic rings. The fraction of sp³-hybridized carbons (Fsp3) is 0.882. The molecule has 1 heterocycles. The highest BCUT2D eigenvalue weighted by molar-refractivity contribution is 5.97. The molecule has 2 amide bonds. The molecule has 0 radical (unpaired) electrons. The van der Waals surface area contributed by atoms with Gasteiger partial charge in [-0.05, 0) is 44.9 Å². The summed E-state index contributed by atoms with van der Waals surface area (Å²) in [4.78, 5) is 27.3. The third-order valence-electron chi connectivity index (χ3n) is 4.80. The Morgan fingerprint density at radius 1 is 1.10 bits per heavy atom. The number of amides is 2. The first-order chi connectivity index (χ1) is 9.91. The standard InChI is InChI=1S/C17H30N2O2/c1-11(2)10-14-17(21)19(12(3)4)15(16(20)18-14)13-8-6-5-7-9-13/h11-15H,5-10H2,1-4H3,(H,18,20). The van der Waals surface area contributed by atoms with Crippen molar-refractivity contribution in [1.82, 2.24) is 10.2 Å². The molecule has 4 heteroatoms. The molecule has 1 aliphatic carbocycles. The van der Waals surface area contributed by atoms with Crippen LogP contribution in [0, 0.1) is 11.8 Å². The van der Waals surface area contributed by atoms with Crippen molar-refractivity contribution in [2.24, 2.45) is 11.8 Å². The second-order valence-electron chi connectivity index (χ2n) is 7.37. The van der Waals surface area contributed by atoms with Crippen molar-refractivity contribution in [3.8, 4) is 0 Å². The molecular weight excluding hydrogens is 264 g/mol. The number of rotatable bonds is 4. The first-order valence-electron chi connectivity index (χ1n) is 8.54. The predicted octanol–water partition coefficient (Wildman–Crippen LogP) is 2.72. The number of nitrogens with one attached hydrogen (secondary N) is 1. The number of piperazine rings is 1. The van der Waals surface area contributed by atoms with E-state index in [4.69, 9.17) is 0 Å². The summed E-state index contributed by atoms with van der Waals surface area (Å²) in [6.07, 6.45) is 6.50. The van der Waals surface area contributed by atoms with Crippen molar-refractivity contribution in [1.29, 1.82) is 0 Å². The van der Waals surface area contributed by atoms with Gasteiger partial charge in [0.15, 0.2) is 0 Å². The maximum Gasteiger partial charge on any atom is 0.246 e. The van der Waals surface area contributed by atoms with Gasteiger partial charge in [0.1, 0.15) is 12.1 Å². The van der Waals surface area contributed by atoms with Crippen LogP contribution in [-0.4, -0.2) is 34.8 Å². The predicted molar refractivity (Wildman–Crippen MR) is 83.7 cm³/mol. The molecule has 0 bridgehead atoms. The smallest absolute Gasteiger partial charge is 0.246 e. The first kappa shape index (κ1) is 16.3. The number of hydrogen-bond acceptors (Lipinski definition) is 2. The molecule has 2 atom stereocenters. The maximum atomic E-state index is 12.8. The van der Waals surface area contributed by atoms with Gasteiger partial charge in [0.25, 0.3) is 0 Å². The quantitative estimate of drug-likeness (QED) is 0.866. The lowest BCUT2D eigenvalue weighted by molar-refractivity contribution is -0.155. The normalized spacial score (nSPS) is 28.4. The summed E-state index contributed by atoms with van der Waals surface area (Å²) in [5, 5.41) is 3.00. The number of nitrogens with zero attached hydrogens (tertiary/aromatic N) is 1. The summed E-state index contributed by atoms with van der Waals surface area (Å²) in [7, 11) is 0. The van der Waals surface area contributed by atoms with Gasteiger partial charge >= 0.3 is 0 Å². The van der Waals surface area contributed by atoms with Crippen LogP contribution < -0.4 is 5.32 Å². The Labute approximate surface area is 128 Å². The second-order valence-corrected chi connectivity index (χ2v) is 7.37. The Bertz CT molecular complexity index is 386. The van der Waals surface area contributed by atoms with Crippen LogP contribution in [-0.2, 0) is 9.59 Å². The average Bonchev–Trinajstić information content (AvgIpc) is 2.42. The second kappa shape index (κ2) is 6.80. The fourth-order valence-corrected chi connectivity index (χ4v) is 3.86. The number of carbonyl (C=O) groups excluding carboxylic acids is 2. The molecule has 120 valence electrons. The van der Waals surface area contributed by atoms with Crippen LogP contribution in [0.4, 0.5) is 0 Å². The van der Waals surface area contributed by atoms with E-state index in [1.807, 2.05) is 18.7 Å². The topological polar surface area (TPSA) is 49.4 Å². The monoisotopic (exact) mass is 294 g/mol. The summed E-state index contributed by atoms with van der Waals surface area (Å²) < 4.78 is 0. The average molecular weight is 294 g/mol. The largest absolute Gasteiger partial charge is 0.342 e. The fourth-order valence-electron chi connectivity index (χ4n) is 3.86. The Morgan fingerprint density at radius 3 is 2.24 bits per heavy atom. The molecule has 2 unspecified atom stereocenters. The van der Waals surface area contributed by atoms with E-state index < -0.39 is 0 Å². The molecule has 2 fully saturated rings. The van der Waals surface area contributed by atoms with Crippen molar-refractivity contribution in [2.45, 2.75) is 84.3 Å². The van der Waals surface area contributed by atoms with Gasteiger partial charge in [-0.1, -0.05) is 33.1 Å². The van der Waals surface area contributed by atoms with Crippen LogP contribution in [0.2, 0.25) is 0 Å². The molecule has 0 spiro atoms. The van der Waals surface area contributed by atoms with Crippen LogP contribution >= 0.6 is 0 Å². The minimum absolute atomic E-state index is 0.0702. The molecule has 0 aromatic heterocycles. The molecule has 1 aliphatic heterocycles. The lowest BCUT2D eigenvalue weighted by Gasteiger charge is -2.45. The zero-order chi connectivity index (χ0) is 15.6. The lowest BCUT2D eigenvalue weighted by Crippen LogP contribution is -2.67. The van der Waals surface area contributed by atoms with Gasteiger partial charge < -0.3 is 10.2 Å². The minimum Gasteiger partial charge on any atom is -0.342 e. The van der Waals surface area contributed by atoms with E-state index in [9.17, 15) is 9.59 Å². The van der Waals surface area contributed by atoms with E-state index in [1.165, 1.54) is 19.3 Å². The molecule has 21 heavy (non-hydrogen) atoms. The number of carbonyl (C=O) groups is 2. The summed E-state index contributed by atoms with van der Waals surface area (Å²) >= 11 is 0. The summed E-state index contributed by atoms with van der Waals surface area (Å²) in [5.74, 6) is 0.930. The Morgan fingerprint density at radius 2 is 1.71 bits per heavy atom. The molecule has 1 saturated heterocycles. The van der Waals surface area contributed by atoms with Gasteiger partial charge in [-0.15, -0.1) is 0 Å². The third-order valence-corrected chi connectivity index (χ3v) is 4.80. The van der Waals surface area contributed by atoms with E-state index in [2.05, 4.69) is 19.2 Å². The molecule has 1 N–H and O–H groups in total. The highest BCUT2D eigenvalue weighted by atomic mass is 16.2. The van der Waals surface area contributed by atoms with Gasteiger partial charge in [-0.3, -0.25) is 9.59 Å². The van der Waals surface area contributed by atoms with E-state index in [0.29, 0.717) is 11.8 Å². The maximum absolute atomic E-state index is 12.8. The molecule has 2 rings (SSSR count). The van der Waals surface area contributed by atoms with Crippen LogP contribution in [0.3, 0.4) is 0 Å². The van der Waals surface area contributed by atoms with E-state index in [-0.39, 0.29) is 29.9 Å². The van der Waals surface area contributed by atoms with Gasteiger partial charge in [-0.25, -0.2) is 0 Å². The van der Waals surface area contributed by atoms with Gasteiger partial charge in [0, 0.05) is 6.04 Å².